The summed E-state index contributed by atoms with van der Waals surface area (Å²) in [6.07, 6.45) is -3.14. The number of carbonyl (C=O) groups is 3. The highest BCUT2D eigenvalue weighted by molar-refractivity contribution is 5.74. The second kappa shape index (κ2) is 11.3. The molecule has 0 saturated carbocycles. The minimum atomic E-state index is -1.06. The zero-order valence-corrected chi connectivity index (χ0v) is 21.0. The summed E-state index contributed by atoms with van der Waals surface area (Å²) in [7, 11) is 0. The summed E-state index contributed by atoms with van der Waals surface area (Å²) in [5, 5.41) is 2.79. The number of hydrogen-bond donors (Lipinski definition) is 1. The highest BCUT2D eigenvalue weighted by Gasteiger charge is 2.56. The molecule has 2 amide bonds. The highest BCUT2D eigenvalue weighted by Crippen LogP contribution is 2.37. The summed E-state index contributed by atoms with van der Waals surface area (Å²) in [4.78, 5) is 38.8. The van der Waals surface area contributed by atoms with Gasteiger partial charge in [0.25, 0.3) is 0 Å². The van der Waals surface area contributed by atoms with Crippen molar-refractivity contribution in [2.24, 2.45) is 0 Å². The Morgan fingerprint density at radius 2 is 1.62 bits per heavy atom. The van der Waals surface area contributed by atoms with Crippen molar-refractivity contribution >= 4 is 18.0 Å². The van der Waals surface area contributed by atoms with Gasteiger partial charge in [0.15, 0.2) is 6.29 Å². The lowest BCUT2D eigenvalue weighted by Gasteiger charge is -2.41. The van der Waals surface area contributed by atoms with E-state index in [1.807, 2.05) is 0 Å². The Labute approximate surface area is 191 Å². The molecule has 4 atom stereocenters. The molecule has 10 heteroatoms. The zero-order valence-electron chi connectivity index (χ0n) is 21.0. The number of rotatable bonds is 9. The molecule has 0 spiro atoms. The van der Waals surface area contributed by atoms with Crippen LogP contribution in [0.15, 0.2) is 0 Å². The quantitative estimate of drug-likeness (QED) is 0.413. The average Bonchev–Trinajstić information content (AvgIpc) is 2.84. The maximum atomic E-state index is 13.2. The highest BCUT2D eigenvalue weighted by atomic mass is 16.7. The summed E-state index contributed by atoms with van der Waals surface area (Å²) in [5.74, 6) is -0.954. The van der Waals surface area contributed by atoms with Crippen molar-refractivity contribution < 1.29 is 38.1 Å². The van der Waals surface area contributed by atoms with Gasteiger partial charge in [0.05, 0.1) is 6.10 Å². The van der Waals surface area contributed by atoms with E-state index in [4.69, 9.17) is 23.7 Å². The first-order valence-corrected chi connectivity index (χ1v) is 11.0. The lowest BCUT2D eigenvalue weighted by molar-refractivity contribution is -0.189. The monoisotopic (exact) mass is 460 g/mol. The van der Waals surface area contributed by atoms with Crippen LogP contribution in [0, 0.1) is 0 Å². The molecule has 0 aliphatic carbocycles. The average molecular weight is 461 g/mol. The molecule has 186 valence electrons. The first-order valence-electron chi connectivity index (χ1n) is 11.0. The molecular formula is C22H40N2O8. The molecule has 0 aromatic carbocycles. The van der Waals surface area contributed by atoms with Gasteiger partial charge >= 0.3 is 12.1 Å². The number of hydrogen-bond acceptors (Lipinski definition) is 8. The Hall–Kier alpha value is -1.91. The molecular weight excluding hydrogens is 420 g/mol. The smallest absolute Gasteiger partial charge is 0.413 e. The predicted molar refractivity (Wildman–Crippen MR) is 117 cm³/mol. The second-order valence-electron chi connectivity index (χ2n) is 9.19. The minimum Gasteiger partial charge on any atom is -0.458 e. The third kappa shape index (κ3) is 7.60. The van der Waals surface area contributed by atoms with Gasteiger partial charge in [-0.3, -0.25) is 14.5 Å². The summed E-state index contributed by atoms with van der Waals surface area (Å²) in [6, 6.07) is -1.70. The third-order valence-electron chi connectivity index (χ3n) is 4.74. The van der Waals surface area contributed by atoms with Crippen LogP contribution in [-0.2, 0) is 33.3 Å². The summed E-state index contributed by atoms with van der Waals surface area (Å²) < 4.78 is 28.8. The normalized spacial score (nSPS) is 22.4. The number of carbonyl (C=O) groups excluding carboxylic acids is 3. The fourth-order valence-electron chi connectivity index (χ4n) is 3.89. The maximum absolute atomic E-state index is 13.2. The van der Waals surface area contributed by atoms with Crippen LogP contribution in [0.3, 0.4) is 0 Å². The predicted octanol–water partition coefficient (Wildman–Crippen LogP) is 2.58. The van der Waals surface area contributed by atoms with Crippen molar-refractivity contribution in [2.45, 2.75) is 111 Å². The Bertz CT molecular complexity index is 655. The molecule has 1 fully saturated rings. The Morgan fingerprint density at radius 1 is 1.09 bits per heavy atom. The Kier molecular flexibility index (Phi) is 9.92. The van der Waals surface area contributed by atoms with Crippen molar-refractivity contribution in [1.29, 1.82) is 0 Å². The molecule has 1 rings (SSSR count). The van der Waals surface area contributed by atoms with E-state index < -0.39 is 54.0 Å². The van der Waals surface area contributed by atoms with Crippen LogP contribution in [-0.4, -0.2) is 78.0 Å². The van der Waals surface area contributed by atoms with Crippen molar-refractivity contribution in [3.63, 3.8) is 0 Å². The van der Waals surface area contributed by atoms with Gasteiger partial charge in [-0.05, 0) is 55.4 Å². The standard InChI is InChI=1S/C22H40N2O8/c1-11-28-19(29-12-2)16(23-14(4)25)18(30-15(5)26)17-13(3)31-22(9,10)24(17)20(27)32-21(6,7)8/h13,16-19H,11-12H2,1-10H3,(H,23,25)/t13-,16-,17+,18-/m1/s1. The van der Waals surface area contributed by atoms with Crippen LogP contribution < -0.4 is 5.32 Å². The lowest BCUT2D eigenvalue weighted by atomic mass is 9.96. The number of amides is 2. The maximum Gasteiger partial charge on any atom is 0.413 e. The van der Waals surface area contributed by atoms with Crippen molar-refractivity contribution in [3.05, 3.63) is 0 Å². The van der Waals surface area contributed by atoms with Crippen LogP contribution in [0.4, 0.5) is 4.79 Å². The second-order valence-corrected chi connectivity index (χ2v) is 9.19. The van der Waals surface area contributed by atoms with E-state index in [-0.39, 0.29) is 5.91 Å². The van der Waals surface area contributed by atoms with E-state index in [1.54, 1.807) is 55.4 Å². The summed E-state index contributed by atoms with van der Waals surface area (Å²) in [5.41, 5.74) is -1.81. The van der Waals surface area contributed by atoms with Gasteiger partial charge in [-0.25, -0.2) is 4.79 Å². The molecule has 0 unspecified atom stereocenters. The van der Waals surface area contributed by atoms with Gasteiger partial charge < -0.3 is 29.0 Å². The van der Waals surface area contributed by atoms with Crippen molar-refractivity contribution in [3.8, 4) is 0 Å². The van der Waals surface area contributed by atoms with Crippen LogP contribution in [0.1, 0.15) is 69.2 Å². The Morgan fingerprint density at radius 3 is 2.03 bits per heavy atom. The first-order chi connectivity index (χ1) is 14.6. The van der Waals surface area contributed by atoms with E-state index >= 15 is 0 Å². The van der Waals surface area contributed by atoms with Gasteiger partial charge in [-0.15, -0.1) is 0 Å². The van der Waals surface area contributed by atoms with E-state index in [2.05, 4.69) is 5.32 Å². The Balaban J connectivity index is 3.55. The molecule has 0 bridgehead atoms. The molecule has 0 aromatic heterocycles. The van der Waals surface area contributed by atoms with Crippen molar-refractivity contribution in [2.75, 3.05) is 13.2 Å². The van der Waals surface area contributed by atoms with Gasteiger partial charge in [0, 0.05) is 27.1 Å². The molecule has 1 heterocycles. The van der Waals surface area contributed by atoms with Crippen LogP contribution >= 0.6 is 0 Å². The third-order valence-corrected chi connectivity index (χ3v) is 4.74. The first kappa shape index (κ1) is 28.1. The van der Waals surface area contributed by atoms with Gasteiger partial charge in [-0.2, -0.15) is 0 Å². The molecule has 32 heavy (non-hydrogen) atoms. The molecule has 1 aliphatic rings. The molecule has 1 N–H and O–H groups in total. The van der Waals surface area contributed by atoms with Crippen LogP contribution in [0.25, 0.3) is 0 Å². The van der Waals surface area contributed by atoms with Gasteiger partial charge in [-0.1, -0.05) is 0 Å². The van der Waals surface area contributed by atoms with E-state index in [0.29, 0.717) is 13.2 Å². The summed E-state index contributed by atoms with van der Waals surface area (Å²) >= 11 is 0. The fraction of sp³-hybridized carbons (Fsp3) is 0.864. The summed E-state index contributed by atoms with van der Waals surface area (Å²) in [6.45, 7) is 17.3. The van der Waals surface area contributed by atoms with Crippen LogP contribution in [0.2, 0.25) is 0 Å². The van der Waals surface area contributed by atoms with Crippen molar-refractivity contribution in [1.82, 2.24) is 10.2 Å². The van der Waals surface area contributed by atoms with Gasteiger partial charge in [0.2, 0.25) is 5.91 Å². The van der Waals surface area contributed by atoms with E-state index in [1.165, 1.54) is 18.7 Å². The molecule has 10 nitrogen and oxygen atoms in total. The molecule has 0 aromatic rings. The molecule has 1 aliphatic heterocycles. The van der Waals surface area contributed by atoms with Crippen LogP contribution in [0.5, 0.6) is 0 Å². The number of nitrogens with zero attached hydrogens (tertiary/aromatic N) is 1. The van der Waals surface area contributed by atoms with Gasteiger partial charge in [0.1, 0.15) is 29.5 Å². The lowest BCUT2D eigenvalue weighted by Crippen LogP contribution is -2.63. The number of esters is 1. The largest absolute Gasteiger partial charge is 0.458 e. The topological polar surface area (TPSA) is 113 Å². The van der Waals surface area contributed by atoms with E-state index in [0.717, 1.165) is 0 Å². The number of nitrogens with one attached hydrogen (secondary N) is 1. The zero-order chi connectivity index (χ0) is 24.9. The number of ether oxygens (including phenoxy) is 5. The molecule has 0 radical (unpaired) electrons. The fourth-order valence-corrected chi connectivity index (χ4v) is 3.89. The van der Waals surface area contributed by atoms with E-state index in [9.17, 15) is 14.4 Å². The minimum absolute atomic E-state index is 0.297. The SMILES string of the molecule is CCOC(OCC)[C@H](NC(C)=O)[C@@H](OC(C)=O)[C@@H]1[C@@H](C)OC(C)(C)N1C(=O)OC(C)(C)C. The molecule has 1 saturated heterocycles.